The van der Waals surface area contributed by atoms with E-state index < -0.39 is 0 Å². The zero-order valence-electron chi connectivity index (χ0n) is 11.1. The van der Waals surface area contributed by atoms with Crippen LogP contribution in [0.15, 0.2) is 48.7 Å². The van der Waals surface area contributed by atoms with E-state index in [0.717, 1.165) is 25.1 Å². The van der Waals surface area contributed by atoms with Crippen molar-refractivity contribution in [1.82, 2.24) is 10.3 Å². The first kappa shape index (κ1) is 14.0. The standard InChI is InChI=1S/C16H19ClN2/c1-2-18-15(16-11-9-14(17)12-19-16)10-8-13-6-4-3-5-7-13/h3-7,9,11-12,15,18H,2,8,10H2,1H3. The second-order valence-corrected chi connectivity index (χ2v) is 4.97. The SMILES string of the molecule is CCNC(CCc1ccccc1)c1ccc(Cl)cn1. The topological polar surface area (TPSA) is 24.9 Å². The lowest BCUT2D eigenvalue weighted by molar-refractivity contribution is 0.504. The Morgan fingerprint density at radius 1 is 1.16 bits per heavy atom. The fourth-order valence-electron chi connectivity index (χ4n) is 2.15. The van der Waals surface area contributed by atoms with E-state index in [9.17, 15) is 0 Å². The van der Waals surface area contributed by atoms with Crippen molar-refractivity contribution in [3.8, 4) is 0 Å². The summed E-state index contributed by atoms with van der Waals surface area (Å²) < 4.78 is 0. The highest BCUT2D eigenvalue weighted by molar-refractivity contribution is 6.30. The summed E-state index contributed by atoms with van der Waals surface area (Å²) in [4.78, 5) is 4.42. The van der Waals surface area contributed by atoms with Gasteiger partial charge in [-0.25, -0.2) is 0 Å². The van der Waals surface area contributed by atoms with Gasteiger partial charge in [0, 0.05) is 12.2 Å². The van der Waals surface area contributed by atoms with Crippen LogP contribution >= 0.6 is 11.6 Å². The quantitative estimate of drug-likeness (QED) is 0.861. The zero-order valence-corrected chi connectivity index (χ0v) is 11.9. The minimum absolute atomic E-state index is 0.280. The zero-order chi connectivity index (χ0) is 13.5. The molecule has 1 N–H and O–H groups in total. The van der Waals surface area contributed by atoms with Gasteiger partial charge < -0.3 is 5.32 Å². The molecule has 2 aromatic rings. The van der Waals surface area contributed by atoms with Gasteiger partial charge in [-0.15, -0.1) is 0 Å². The van der Waals surface area contributed by atoms with E-state index in [4.69, 9.17) is 11.6 Å². The van der Waals surface area contributed by atoms with Crippen LogP contribution in [0.1, 0.15) is 30.6 Å². The first-order valence-corrected chi connectivity index (χ1v) is 7.06. The fourth-order valence-corrected chi connectivity index (χ4v) is 2.26. The number of rotatable bonds is 6. The van der Waals surface area contributed by atoms with E-state index in [1.54, 1.807) is 6.20 Å². The summed E-state index contributed by atoms with van der Waals surface area (Å²) in [5.41, 5.74) is 2.42. The number of aromatic nitrogens is 1. The highest BCUT2D eigenvalue weighted by atomic mass is 35.5. The summed E-state index contributed by atoms with van der Waals surface area (Å²) in [5.74, 6) is 0. The summed E-state index contributed by atoms with van der Waals surface area (Å²) in [7, 11) is 0. The maximum absolute atomic E-state index is 5.88. The van der Waals surface area contributed by atoms with E-state index in [0.29, 0.717) is 5.02 Å². The second kappa shape index (κ2) is 7.27. The predicted molar refractivity (Wildman–Crippen MR) is 80.4 cm³/mol. The molecule has 0 spiro atoms. The van der Waals surface area contributed by atoms with Crippen molar-refractivity contribution < 1.29 is 0 Å². The van der Waals surface area contributed by atoms with Crippen LogP contribution < -0.4 is 5.32 Å². The molecule has 0 saturated carbocycles. The fraction of sp³-hybridized carbons (Fsp3) is 0.312. The number of hydrogen-bond acceptors (Lipinski definition) is 2. The van der Waals surface area contributed by atoms with Gasteiger partial charge in [-0.2, -0.15) is 0 Å². The molecule has 1 heterocycles. The maximum atomic E-state index is 5.88. The molecule has 3 heteroatoms. The first-order chi connectivity index (χ1) is 9.29. The van der Waals surface area contributed by atoms with E-state index in [1.165, 1.54) is 5.56 Å². The number of benzene rings is 1. The molecule has 2 nitrogen and oxygen atoms in total. The second-order valence-electron chi connectivity index (χ2n) is 4.54. The third-order valence-electron chi connectivity index (χ3n) is 3.12. The smallest absolute Gasteiger partial charge is 0.0589 e. The Balaban J connectivity index is 2.02. The summed E-state index contributed by atoms with van der Waals surface area (Å²) in [6.07, 6.45) is 3.79. The van der Waals surface area contributed by atoms with Gasteiger partial charge >= 0.3 is 0 Å². The molecule has 1 atom stereocenters. The molecule has 1 aromatic carbocycles. The van der Waals surface area contributed by atoms with Crippen molar-refractivity contribution in [2.24, 2.45) is 0 Å². The Morgan fingerprint density at radius 2 is 1.95 bits per heavy atom. The molecule has 0 bridgehead atoms. The average molecular weight is 275 g/mol. The van der Waals surface area contributed by atoms with Gasteiger partial charge in [0.2, 0.25) is 0 Å². The minimum Gasteiger partial charge on any atom is -0.309 e. The number of hydrogen-bond donors (Lipinski definition) is 1. The normalized spacial score (nSPS) is 12.3. The monoisotopic (exact) mass is 274 g/mol. The molecule has 0 fully saturated rings. The molecular weight excluding hydrogens is 256 g/mol. The number of nitrogens with zero attached hydrogens (tertiary/aromatic N) is 1. The van der Waals surface area contributed by atoms with Crippen molar-refractivity contribution in [2.75, 3.05) is 6.54 Å². The lowest BCUT2D eigenvalue weighted by Crippen LogP contribution is -2.22. The van der Waals surface area contributed by atoms with Gasteiger partial charge in [0.1, 0.15) is 0 Å². The van der Waals surface area contributed by atoms with Crippen LogP contribution in [0, 0.1) is 0 Å². The van der Waals surface area contributed by atoms with Crippen LogP contribution in [0.25, 0.3) is 0 Å². The highest BCUT2D eigenvalue weighted by Crippen LogP contribution is 2.18. The van der Waals surface area contributed by atoms with Gasteiger partial charge in [0.05, 0.1) is 10.7 Å². The molecular formula is C16H19ClN2. The largest absolute Gasteiger partial charge is 0.309 e. The van der Waals surface area contributed by atoms with Crippen molar-refractivity contribution in [1.29, 1.82) is 0 Å². The molecule has 0 radical (unpaired) electrons. The van der Waals surface area contributed by atoms with Crippen LogP contribution in [0.5, 0.6) is 0 Å². The van der Waals surface area contributed by atoms with Crippen LogP contribution in [0.3, 0.4) is 0 Å². The van der Waals surface area contributed by atoms with Gasteiger partial charge in [-0.1, -0.05) is 48.9 Å². The summed E-state index contributed by atoms with van der Waals surface area (Å²) in [5, 5.41) is 4.17. The number of aryl methyl sites for hydroxylation is 1. The molecule has 0 saturated heterocycles. The molecule has 0 aliphatic heterocycles. The van der Waals surface area contributed by atoms with Crippen molar-refractivity contribution in [3.05, 3.63) is 64.9 Å². The molecule has 0 amide bonds. The average Bonchev–Trinajstić information content (AvgIpc) is 2.46. The van der Waals surface area contributed by atoms with Crippen LogP contribution in [0.4, 0.5) is 0 Å². The van der Waals surface area contributed by atoms with Gasteiger partial charge in [-0.3, -0.25) is 4.98 Å². The molecule has 19 heavy (non-hydrogen) atoms. The third kappa shape index (κ3) is 4.34. The van der Waals surface area contributed by atoms with E-state index in [-0.39, 0.29) is 6.04 Å². The van der Waals surface area contributed by atoms with Crippen LogP contribution in [0.2, 0.25) is 5.02 Å². The van der Waals surface area contributed by atoms with Gasteiger partial charge in [-0.05, 0) is 37.1 Å². The maximum Gasteiger partial charge on any atom is 0.0589 e. The highest BCUT2D eigenvalue weighted by Gasteiger charge is 2.11. The first-order valence-electron chi connectivity index (χ1n) is 6.68. The summed E-state index contributed by atoms with van der Waals surface area (Å²) in [6.45, 7) is 3.05. The Kier molecular flexibility index (Phi) is 5.37. The minimum atomic E-state index is 0.280. The molecule has 1 unspecified atom stereocenters. The molecule has 1 aromatic heterocycles. The Hall–Kier alpha value is -1.38. The van der Waals surface area contributed by atoms with Gasteiger partial charge in [0.15, 0.2) is 0 Å². The summed E-state index contributed by atoms with van der Waals surface area (Å²) in [6, 6.07) is 14.7. The number of pyridine rings is 1. The lowest BCUT2D eigenvalue weighted by atomic mass is 10.0. The van der Waals surface area contributed by atoms with E-state index >= 15 is 0 Å². The molecule has 100 valence electrons. The van der Waals surface area contributed by atoms with Gasteiger partial charge in [0.25, 0.3) is 0 Å². The van der Waals surface area contributed by atoms with E-state index in [1.807, 2.05) is 18.2 Å². The third-order valence-corrected chi connectivity index (χ3v) is 3.35. The van der Waals surface area contributed by atoms with Crippen molar-refractivity contribution >= 4 is 11.6 Å². The predicted octanol–water partition coefficient (Wildman–Crippen LogP) is 4.02. The lowest BCUT2D eigenvalue weighted by Gasteiger charge is -2.17. The Bertz CT molecular complexity index is 482. The Labute approximate surface area is 119 Å². The molecule has 2 rings (SSSR count). The van der Waals surface area contributed by atoms with Crippen LogP contribution in [-0.4, -0.2) is 11.5 Å². The number of nitrogens with one attached hydrogen (secondary N) is 1. The van der Waals surface area contributed by atoms with E-state index in [2.05, 4.69) is 41.5 Å². The molecule has 0 aliphatic rings. The number of halogens is 1. The Morgan fingerprint density at radius 3 is 2.58 bits per heavy atom. The van der Waals surface area contributed by atoms with Crippen molar-refractivity contribution in [3.63, 3.8) is 0 Å². The molecule has 0 aliphatic carbocycles. The van der Waals surface area contributed by atoms with Crippen LogP contribution in [-0.2, 0) is 6.42 Å². The summed E-state index contributed by atoms with van der Waals surface area (Å²) >= 11 is 5.88. The van der Waals surface area contributed by atoms with Crippen molar-refractivity contribution in [2.45, 2.75) is 25.8 Å².